The highest BCUT2D eigenvalue weighted by molar-refractivity contribution is 7.91. The van der Waals surface area contributed by atoms with Crippen LogP contribution in [0.25, 0.3) is 11.3 Å². The number of benzene rings is 2. The molecule has 2 aromatic carbocycles. The SMILES string of the molecule is CCS(=O)(=O)c1ccc(N2CCC(c3nc(-c4ccccc4OC)cs3)CC2)cc1. The maximum Gasteiger partial charge on any atom is 0.178 e. The zero-order valence-corrected chi connectivity index (χ0v) is 18.9. The molecular weight excluding hydrogens is 416 g/mol. The van der Waals surface area contributed by atoms with E-state index in [4.69, 9.17) is 9.72 Å². The number of sulfone groups is 1. The van der Waals surface area contributed by atoms with E-state index in [1.54, 1.807) is 37.5 Å². The number of piperidine rings is 1. The Labute approximate surface area is 182 Å². The summed E-state index contributed by atoms with van der Waals surface area (Å²) in [5.41, 5.74) is 3.09. The van der Waals surface area contributed by atoms with Gasteiger partial charge in [-0.3, -0.25) is 0 Å². The van der Waals surface area contributed by atoms with Crippen LogP contribution in [0.2, 0.25) is 0 Å². The molecule has 2 heterocycles. The minimum atomic E-state index is -3.15. The van der Waals surface area contributed by atoms with Gasteiger partial charge >= 0.3 is 0 Å². The van der Waals surface area contributed by atoms with Gasteiger partial charge in [0.05, 0.1) is 28.5 Å². The number of nitrogens with zero attached hydrogens (tertiary/aromatic N) is 2. The van der Waals surface area contributed by atoms with Crippen LogP contribution in [0.5, 0.6) is 5.75 Å². The summed E-state index contributed by atoms with van der Waals surface area (Å²) in [5.74, 6) is 1.43. The minimum absolute atomic E-state index is 0.127. The van der Waals surface area contributed by atoms with E-state index < -0.39 is 9.84 Å². The van der Waals surface area contributed by atoms with Crippen molar-refractivity contribution in [3.8, 4) is 17.0 Å². The standard InChI is InChI=1S/C23H26N2O3S2/c1-3-30(26,27)19-10-8-18(9-11-19)25-14-12-17(13-15-25)23-24-21(16-29-23)20-6-4-5-7-22(20)28-2/h4-11,16-17H,3,12-15H2,1-2H3. The summed E-state index contributed by atoms with van der Waals surface area (Å²) < 4.78 is 29.5. The van der Waals surface area contributed by atoms with Crippen LogP contribution in [0.1, 0.15) is 30.7 Å². The van der Waals surface area contributed by atoms with Crippen molar-refractivity contribution in [3.63, 3.8) is 0 Å². The van der Waals surface area contributed by atoms with Crippen LogP contribution in [0.15, 0.2) is 58.8 Å². The highest BCUT2D eigenvalue weighted by Crippen LogP contribution is 2.36. The predicted octanol–water partition coefficient (Wildman–Crippen LogP) is 5.00. The van der Waals surface area contributed by atoms with Crippen LogP contribution in [0.3, 0.4) is 0 Å². The number of rotatable bonds is 6. The molecule has 0 N–H and O–H groups in total. The quantitative estimate of drug-likeness (QED) is 0.538. The third-order valence-corrected chi connectivity index (χ3v) is 8.45. The number of hydrogen-bond donors (Lipinski definition) is 0. The van der Waals surface area contributed by atoms with Crippen LogP contribution < -0.4 is 9.64 Å². The molecule has 5 nitrogen and oxygen atoms in total. The summed E-state index contributed by atoms with van der Waals surface area (Å²) in [6, 6.07) is 15.3. The lowest BCUT2D eigenvalue weighted by Crippen LogP contribution is -2.32. The van der Waals surface area contributed by atoms with E-state index in [1.165, 1.54) is 5.01 Å². The Hall–Kier alpha value is -2.38. The van der Waals surface area contributed by atoms with E-state index in [-0.39, 0.29) is 5.75 Å². The summed E-state index contributed by atoms with van der Waals surface area (Å²) >= 11 is 1.72. The predicted molar refractivity (Wildman–Crippen MR) is 122 cm³/mol. The van der Waals surface area contributed by atoms with Crippen LogP contribution in [-0.4, -0.2) is 39.4 Å². The summed E-state index contributed by atoms with van der Waals surface area (Å²) in [7, 11) is -1.46. The molecule has 1 aromatic heterocycles. The Bertz CT molecular complexity index is 1100. The van der Waals surface area contributed by atoms with E-state index in [0.717, 1.165) is 48.6 Å². The number of thiazole rings is 1. The highest BCUT2D eigenvalue weighted by atomic mass is 32.2. The average molecular weight is 443 g/mol. The van der Waals surface area contributed by atoms with E-state index in [1.807, 2.05) is 36.4 Å². The van der Waals surface area contributed by atoms with Crippen LogP contribution in [0.4, 0.5) is 5.69 Å². The molecule has 0 spiro atoms. The van der Waals surface area contributed by atoms with Crippen molar-refractivity contribution in [1.29, 1.82) is 0 Å². The molecule has 4 rings (SSSR count). The first-order valence-electron chi connectivity index (χ1n) is 10.2. The van der Waals surface area contributed by atoms with Gasteiger partial charge in [0.15, 0.2) is 9.84 Å². The van der Waals surface area contributed by atoms with Gasteiger partial charge in [-0.15, -0.1) is 11.3 Å². The zero-order valence-electron chi connectivity index (χ0n) is 17.2. The largest absolute Gasteiger partial charge is 0.496 e. The first kappa shape index (κ1) is 20.9. The molecule has 0 amide bonds. The fourth-order valence-corrected chi connectivity index (χ4v) is 5.75. The maximum absolute atomic E-state index is 12.0. The molecule has 1 saturated heterocycles. The summed E-state index contributed by atoms with van der Waals surface area (Å²) in [5, 5.41) is 3.30. The molecule has 0 saturated carbocycles. The van der Waals surface area contributed by atoms with Gasteiger partial charge < -0.3 is 9.64 Å². The van der Waals surface area contributed by atoms with Crippen molar-refractivity contribution in [2.45, 2.75) is 30.6 Å². The van der Waals surface area contributed by atoms with E-state index in [9.17, 15) is 8.42 Å². The van der Waals surface area contributed by atoms with Gasteiger partial charge in [0.25, 0.3) is 0 Å². The van der Waals surface area contributed by atoms with Gasteiger partial charge in [-0.1, -0.05) is 19.1 Å². The molecule has 1 aliphatic heterocycles. The Morgan fingerprint density at radius 1 is 1.10 bits per heavy atom. The van der Waals surface area contributed by atoms with Gasteiger partial charge in [0, 0.05) is 35.6 Å². The van der Waals surface area contributed by atoms with Crippen molar-refractivity contribution in [3.05, 3.63) is 58.9 Å². The van der Waals surface area contributed by atoms with Crippen molar-refractivity contribution < 1.29 is 13.2 Å². The van der Waals surface area contributed by atoms with Crippen molar-refractivity contribution >= 4 is 26.9 Å². The highest BCUT2D eigenvalue weighted by Gasteiger charge is 2.24. The monoisotopic (exact) mass is 442 g/mol. The van der Waals surface area contributed by atoms with Gasteiger partial charge in [-0.25, -0.2) is 13.4 Å². The van der Waals surface area contributed by atoms with Crippen molar-refractivity contribution in [2.24, 2.45) is 0 Å². The number of hydrogen-bond acceptors (Lipinski definition) is 6. The summed E-state index contributed by atoms with van der Waals surface area (Å²) in [6.07, 6.45) is 2.07. The van der Waals surface area contributed by atoms with E-state index in [2.05, 4.69) is 10.3 Å². The first-order chi connectivity index (χ1) is 14.5. The third kappa shape index (κ3) is 4.23. The first-order valence-corrected chi connectivity index (χ1v) is 12.7. The van der Waals surface area contributed by atoms with Crippen molar-refractivity contribution in [2.75, 3.05) is 30.9 Å². The van der Waals surface area contributed by atoms with Gasteiger partial charge in [0.2, 0.25) is 0 Å². The fourth-order valence-electron chi connectivity index (χ4n) is 3.87. The minimum Gasteiger partial charge on any atom is -0.496 e. The lowest BCUT2D eigenvalue weighted by atomic mass is 9.97. The molecule has 0 unspecified atom stereocenters. The molecule has 0 bridgehead atoms. The molecule has 0 aliphatic carbocycles. The smallest absolute Gasteiger partial charge is 0.178 e. The Morgan fingerprint density at radius 3 is 2.47 bits per heavy atom. The topological polar surface area (TPSA) is 59.5 Å². The molecular formula is C23H26N2O3S2. The normalized spacial score (nSPS) is 15.3. The van der Waals surface area contributed by atoms with Crippen LogP contribution in [-0.2, 0) is 9.84 Å². The van der Waals surface area contributed by atoms with E-state index in [0.29, 0.717) is 10.8 Å². The molecule has 3 aromatic rings. The molecule has 30 heavy (non-hydrogen) atoms. The van der Waals surface area contributed by atoms with Crippen LogP contribution >= 0.6 is 11.3 Å². The molecule has 7 heteroatoms. The van der Waals surface area contributed by atoms with Crippen molar-refractivity contribution in [1.82, 2.24) is 4.98 Å². The number of para-hydroxylation sites is 1. The average Bonchev–Trinajstić information content (AvgIpc) is 3.29. The number of methoxy groups -OCH3 is 1. The molecule has 0 atom stereocenters. The van der Waals surface area contributed by atoms with Gasteiger partial charge in [0.1, 0.15) is 5.75 Å². The second-order valence-electron chi connectivity index (χ2n) is 7.43. The number of ether oxygens (including phenoxy) is 1. The molecule has 1 aliphatic rings. The van der Waals surface area contributed by atoms with E-state index >= 15 is 0 Å². The maximum atomic E-state index is 12.0. The number of anilines is 1. The fraction of sp³-hybridized carbons (Fsp3) is 0.348. The lowest BCUT2D eigenvalue weighted by molar-refractivity contribution is 0.416. The lowest BCUT2D eigenvalue weighted by Gasteiger charge is -2.33. The second-order valence-corrected chi connectivity index (χ2v) is 10.6. The molecule has 158 valence electrons. The van der Waals surface area contributed by atoms with Gasteiger partial charge in [-0.05, 0) is 49.2 Å². The summed E-state index contributed by atoms with van der Waals surface area (Å²) in [4.78, 5) is 7.64. The zero-order chi connectivity index (χ0) is 21.1. The Kier molecular flexibility index (Phi) is 6.11. The number of aromatic nitrogens is 1. The van der Waals surface area contributed by atoms with Crippen LogP contribution in [0, 0.1) is 0 Å². The third-order valence-electron chi connectivity index (χ3n) is 5.69. The van der Waals surface area contributed by atoms with Gasteiger partial charge in [-0.2, -0.15) is 0 Å². The Morgan fingerprint density at radius 2 is 1.80 bits per heavy atom. The molecule has 1 fully saturated rings. The molecule has 0 radical (unpaired) electrons. The second kappa shape index (κ2) is 8.78. The summed E-state index contributed by atoms with van der Waals surface area (Å²) in [6.45, 7) is 3.55. The Balaban J connectivity index is 1.42.